The first-order chi connectivity index (χ1) is 17.0. The Morgan fingerprint density at radius 1 is 0.857 bits per heavy atom. The number of benzene rings is 3. The molecule has 3 aliphatic rings. The van der Waals surface area contributed by atoms with Gasteiger partial charge in [-0.05, 0) is 13.0 Å². The SMILES string of the molecule is Cc1ccc2c(c1)C1(C(=O)N2)C2=C(Oc3n[nH]c(-c4ccccc4)c31)c1ccccc1C(=O)C2=O. The van der Waals surface area contributed by atoms with Crippen LogP contribution in [0.4, 0.5) is 5.69 Å². The van der Waals surface area contributed by atoms with Gasteiger partial charge in [0.2, 0.25) is 23.4 Å². The van der Waals surface area contributed by atoms with Crippen LogP contribution in [0.3, 0.4) is 0 Å². The van der Waals surface area contributed by atoms with E-state index >= 15 is 0 Å². The number of rotatable bonds is 1. The van der Waals surface area contributed by atoms with Crippen LogP contribution >= 0.6 is 0 Å². The number of H-pyrrole nitrogens is 1. The van der Waals surface area contributed by atoms with Crippen LogP contribution < -0.4 is 10.1 Å². The molecule has 1 unspecified atom stereocenters. The van der Waals surface area contributed by atoms with Crippen LogP contribution in [-0.4, -0.2) is 27.7 Å². The highest BCUT2D eigenvalue weighted by Crippen LogP contribution is 2.58. The van der Waals surface area contributed by atoms with Gasteiger partial charge in [0.1, 0.15) is 11.2 Å². The van der Waals surface area contributed by atoms with E-state index in [9.17, 15) is 14.4 Å². The summed E-state index contributed by atoms with van der Waals surface area (Å²) in [5, 5.41) is 10.4. The van der Waals surface area contributed by atoms with E-state index in [1.165, 1.54) is 0 Å². The number of fused-ring (bicyclic) bond motifs is 7. The molecule has 4 aromatic rings. The number of nitrogens with zero attached hydrogens (tertiary/aromatic N) is 1. The molecule has 2 N–H and O–H groups in total. The quantitative estimate of drug-likeness (QED) is 0.416. The molecule has 0 bridgehead atoms. The lowest BCUT2D eigenvalue weighted by molar-refractivity contribution is -0.121. The van der Waals surface area contributed by atoms with Crippen molar-refractivity contribution in [2.24, 2.45) is 0 Å². The topological polar surface area (TPSA) is 101 Å². The molecule has 168 valence electrons. The van der Waals surface area contributed by atoms with Gasteiger partial charge in [-0.2, -0.15) is 0 Å². The molecule has 1 amide bonds. The summed E-state index contributed by atoms with van der Waals surface area (Å²) >= 11 is 0. The highest BCUT2D eigenvalue weighted by Gasteiger charge is 2.62. The molecule has 1 aliphatic carbocycles. The van der Waals surface area contributed by atoms with Crippen LogP contribution in [-0.2, 0) is 15.0 Å². The van der Waals surface area contributed by atoms with E-state index in [2.05, 4.69) is 15.5 Å². The van der Waals surface area contributed by atoms with E-state index in [0.717, 1.165) is 11.1 Å². The minimum Gasteiger partial charge on any atom is -0.436 e. The zero-order valence-electron chi connectivity index (χ0n) is 18.5. The fraction of sp³-hybridized carbons (Fsp3) is 0.0714. The van der Waals surface area contributed by atoms with E-state index in [1.54, 1.807) is 24.3 Å². The van der Waals surface area contributed by atoms with Crippen molar-refractivity contribution < 1.29 is 19.1 Å². The molecule has 0 radical (unpaired) electrons. The van der Waals surface area contributed by atoms with E-state index in [0.29, 0.717) is 28.1 Å². The number of aromatic amines is 1. The number of Topliss-reactive ketones (excluding diaryl/α,β-unsaturated/α-hetero) is 2. The largest absolute Gasteiger partial charge is 0.436 e. The highest BCUT2D eigenvalue weighted by molar-refractivity contribution is 6.54. The Bertz CT molecular complexity index is 1660. The second kappa shape index (κ2) is 6.64. The molecule has 1 atom stereocenters. The van der Waals surface area contributed by atoms with Crippen LogP contribution in [0, 0.1) is 6.92 Å². The summed E-state index contributed by atoms with van der Waals surface area (Å²) in [4.78, 5) is 41.2. The maximum absolute atomic E-state index is 14.1. The molecule has 7 rings (SSSR count). The summed E-state index contributed by atoms with van der Waals surface area (Å²) < 4.78 is 6.25. The number of amides is 1. The Morgan fingerprint density at radius 3 is 2.40 bits per heavy atom. The van der Waals surface area contributed by atoms with E-state index < -0.39 is 22.9 Å². The molecular formula is C28H17N3O4. The first-order valence-electron chi connectivity index (χ1n) is 11.2. The number of nitrogens with one attached hydrogen (secondary N) is 2. The van der Waals surface area contributed by atoms with Crippen molar-refractivity contribution in [3.63, 3.8) is 0 Å². The second-order valence-corrected chi connectivity index (χ2v) is 8.91. The Morgan fingerprint density at radius 2 is 1.60 bits per heavy atom. The molecule has 7 heteroatoms. The summed E-state index contributed by atoms with van der Waals surface area (Å²) in [7, 11) is 0. The van der Waals surface area contributed by atoms with Gasteiger partial charge >= 0.3 is 0 Å². The predicted molar refractivity (Wildman–Crippen MR) is 128 cm³/mol. The lowest BCUT2D eigenvalue weighted by Gasteiger charge is -2.37. The molecule has 0 fully saturated rings. The lowest BCUT2D eigenvalue weighted by atomic mass is 9.63. The molecule has 1 spiro atoms. The van der Waals surface area contributed by atoms with Gasteiger partial charge in [0.05, 0.1) is 16.8 Å². The molecule has 0 saturated heterocycles. The fourth-order valence-corrected chi connectivity index (χ4v) is 5.49. The Hall–Kier alpha value is -4.78. The van der Waals surface area contributed by atoms with Crippen LogP contribution in [0.25, 0.3) is 17.0 Å². The molecule has 0 saturated carbocycles. The highest BCUT2D eigenvalue weighted by atomic mass is 16.5. The average Bonchev–Trinajstić information content (AvgIpc) is 3.43. The minimum atomic E-state index is -1.61. The minimum absolute atomic E-state index is 0.0223. The van der Waals surface area contributed by atoms with Crippen LogP contribution in [0.15, 0.2) is 78.4 Å². The van der Waals surface area contributed by atoms with Crippen molar-refractivity contribution >= 4 is 28.9 Å². The number of anilines is 1. The molecule has 3 heterocycles. The predicted octanol–water partition coefficient (Wildman–Crippen LogP) is 4.19. The Balaban J connectivity index is 1.66. The molecular weight excluding hydrogens is 442 g/mol. The number of hydrogen-bond donors (Lipinski definition) is 2. The van der Waals surface area contributed by atoms with Crippen molar-refractivity contribution in [1.29, 1.82) is 0 Å². The number of aryl methyl sites for hydroxylation is 1. The molecule has 7 nitrogen and oxygen atoms in total. The fourth-order valence-electron chi connectivity index (χ4n) is 5.49. The summed E-state index contributed by atoms with van der Waals surface area (Å²) in [6, 6.07) is 21.8. The number of ether oxygens (including phenoxy) is 1. The summed E-state index contributed by atoms with van der Waals surface area (Å²) in [5.41, 5.74) is 2.97. The monoisotopic (exact) mass is 459 g/mol. The molecule has 3 aromatic carbocycles. The van der Waals surface area contributed by atoms with E-state index in [1.807, 2.05) is 55.5 Å². The standard InChI is InChI=1S/C28H17N3O4/c1-14-11-12-19-18(13-14)28(27(34)29-19)20-22(15-7-3-2-4-8-15)30-31-26(20)35-25-17-10-6-5-9-16(17)23(32)24(33)21(25)28/h2-13H,1H3,(H,29,34)(H,30,31). The van der Waals surface area contributed by atoms with Gasteiger partial charge in [-0.25, -0.2) is 0 Å². The number of carbonyl (C=O) groups excluding carboxylic acids is 3. The van der Waals surface area contributed by atoms with Gasteiger partial charge in [0, 0.05) is 27.9 Å². The second-order valence-electron chi connectivity index (χ2n) is 8.91. The van der Waals surface area contributed by atoms with Gasteiger partial charge in [-0.1, -0.05) is 72.3 Å². The third-order valence-electron chi connectivity index (χ3n) is 6.99. The number of aromatic nitrogens is 2. The van der Waals surface area contributed by atoms with Crippen LogP contribution in [0.1, 0.15) is 32.6 Å². The van der Waals surface area contributed by atoms with Crippen LogP contribution in [0.2, 0.25) is 0 Å². The van der Waals surface area contributed by atoms with Crippen molar-refractivity contribution in [3.05, 3.63) is 106 Å². The average molecular weight is 459 g/mol. The van der Waals surface area contributed by atoms with Crippen molar-refractivity contribution in [3.8, 4) is 17.1 Å². The van der Waals surface area contributed by atoms with E-state index in [-0.39, 0.29) is 22.8 Å². The zero-order valence-corrected chi connectivity index (χ0v) is 18.5. The third-order valence-corrected chi connectivity index (χ3v) is 6.99. The van der Waals surface area contributed by atoms with Gasteiger partial charge in [0.25, 0.3) is 0 Å². The normalized spacial score (nSPS) is 19.6. The van der Waals surface area contributed by atoms with Crippen molar-refractivity contribution in [2.75, 3.05) is 5.32 Å². The maximum Gasteiger partial charge on any atom is 0.244 e. The van der Waals surface area contributed by atoms with Gasteiger partial charge in [-0.3, -0.25) is 19.5 Å². The van der Waals surface area contributed by atoms with Gasteiger partial charge in [0.15, 0.2) is 0 Å². The third kappa shape index (κ3) is 2.34. The van der Waals surface area contributed by atoms with Crippen molar-refractivity contribution in [1.82, 2.24) is 10.2 Å². The van der Waals surface area contributed by atoms with Crippen LogP contribution in [0.5, 0.6) is 5.88 Å². The van der Waals surface area contributed by atoms with Gasteiger partial charge in [-0.15, -0.1) is 5.10 Å². The molecule has 1 aromatic heterocycles. The van der Waals surface area contributed by atoms with E-state index in [4.69, 9.17) is 4.74 Å². The van der Waals surface area contributed by atoms with Gasteiger partial charge < -0.3 is 10.1 Å². The Labute approximate surface area is 199 Å². The molecule has 35 heavy (non-hydrogen) atoms. The maximum atomic E-state index is 14.1. The molecule has 2 aliphatic heterocycles. The summed E-state index contributed by atoms with van der Waals surface area (Å²) in [5.74, 6) is -1.45. The smallest absolute Gasteiger partial charge is 0.244 e. The number of ketones is 2. The number of carbonyl (C=O) groups is 3. The number of hydrogen-bond acceptors (Lipinski definition) is 5. The van der Waals surface area contributed by atoms with Crippen molar-refractivity contribution in [2.45, 2.75) is 12.3 Å². The zero-order chi connectivity index (χ0) is 23.9. The Kier molecular flexibility index (Phi) is 3.73. The summed E-state index contributed by atoms with van der Waals surface area (Å²) in [6.45, 7) is 1.92. The lowest BCUT2D eigenvalue weighted by Crippen LogP contribution is -2.47. The first-order valence-corrected chi connectivity index (χ1v) is 11.2. The summed E-state index contributed by atoms with van der Waals surface area (Å²) in [6.07, 6.45) is 0. The first kappa shape index (κ1) is 19.7.